The molecule has 0 aliphatic heterocycles. The van der Waals surface area contributed by atoms with E-state index in [4.69, 9.17) is 26.9 Å². The van der Waals surface area contributed by atoms with Gasteiger partial charge in [-0.15, -0.1) is 0 Å². The average Bonchev–Trinajstić information content (AvgIpc) is 2.78. The number of aliphatic hydroxyl groups excluding tert-OH is 1. The third-order valence-corrected chi connectivity index (χ3v) is 2.83. The van der Waals surface area contributed by atoms with Crippen LogP contribution < -0.4 is 5.73 Å². The summed E-state index contributed by atoms with van der Waals surface area (Å²) in [6.07, 6.45) is 0.515. The van der Waals surface area contributed by atoms with Gasteiger partial charge in [-0.2, -0.15) is 0 Å². The molecular formula is C13H14ClNO2. The molecule has 0 spiro atoms. The lowest BCUT2D eigenvalue weighted by Crippen LogP contribution is -2.26. The Morgan fingerprint density at radius 3 is 2.71 bits per heavy atom. The third kappa shape index (κ3) is 2.88. The van der Waals surface area contributed by atoms with E-state index >= 15 is 0 Å². The minimum Gasteiger partial charge on any atom is -0.461 e. The molecule has 0 amide bonds. The van der Waals surface area contributed by atoms with Crippen LogP contribution in [0.1, 0.15) is 5.76 Å². The van der Waals surface area contributed by atoms with Gasteiger partial charge in [-0.25, -0.2) is 0 Å². The predicted molar refractivity (Wildman–Crippen MR) is 67.9 cm³/mol. The van der Waals surface area contributed by atoms with E-state index in [2.05, 4.69) is 0 Å². The summed E-state index contributed by atoms with van der Waals surface area (Å²) >= 11 is 6.08. The Labute approximate surface area is 105 Å². The van der Waals surface area contributed by atoms with Crippen molar-refractivity contribution < 1.29 is 9.52 Å². The molecule has 0 aliphatic carbocycles. The molecule has 1 unspecified atom stereocenters. The topological polar surface area (TPSA) is 59.4 Å². The number of nitrogens with two attached hydrogens (primary N) is 1. The van der Waals surface area contributed by atoms with Crippen molar-refractivity contribution in [3.05, 3.63) is 47.2 Å². The molecule has 1 atom stereocenters. The van der Waals surface area contributed by atoms with Crippen LogP contribution in [0.15, 0.2) is 40.8 Å². The molecule has 1 aromatic heterocycles. The Morgan fingerprint density at radius 2 is 2.00 bits per heavy atom. The Kier molecular flexibility index (Phi) is 3.84. The smallest absolute Gasteiger partial charge is 0.135 e. The van der Waals surface area contributed by atoms with Crippen LogP contribution >= 0.6 is 11.6 Å². The minimum atomic E-state index is -0.291. The van der Waals surface area contributed by atoms with Gasteiger partial charge in [-0.1, -0.05) is 23.7 Å². The van der Waals surface area contributed by atoms with Gasteiger partial charge in [-0.05, 0) is 24.3 Å². The predicted octanol–water partition coefficient (Wildman–Crippen LogP) is 2.46. The molecule has 0 bridgehead atoms. The molecule has 2 aromatic rings. The fraction of sp³-hybridized carbons (Fsp3) is 0.231. The quantitative estimate of drug-likeness (QED) is 0.878. The van der Waals surface area contributed by atoms with Gasteiger partial charge in [0.2, 0.25) is 0 Å². The van der Waals surface area contributed by atoms with Gasteiger partial charge < -0.3 is 15.3 Å². The Hall–Kier alpha value is -1.29. The molecule has 0 saturated heterocycles. The maximum atomic E-state index is 8.88. The highest BCUT2D eigenvalue weighted by Crippen LogP contribution is 2.29. The fourth-order valence-electron chi connectivity index (χ4n) is 1.62. The molecule has 3 nitrogen and oxygen atoms in total. The first kappa shape index (κ1) is 12.2. The van der Waals surface area contributed by atoms with Crippen molar-refractivity contribution in [1.82, 2.24) is 0 Å². The van der Waals surface area contributed by atoms with E-state index < -0.39 is 0 Å². The zero-order valence-corrected chi connectivity index (χ0v) is 10.0. The van der Waals surface area contributed by atoms with E-state index in [9.17, 15) is 0 Å². The van der Waals surface area contributed by atoms with E-state index in [-0.39, 0.29) is 12.6 Å². The molecule has 90 valence electrons. The number of hydrogen-bond donors (Lipinski definition) is 2. The molecule has 3 N–H and O–H groups in total. The van der Waals surface area contributed by atoms with Crippen molar-refractivity contribution in [2.75, 3.05) is 6.61 Å². The van der Waals surface area contributed by atoms with Crippen LogP contribution in [-0.2, 0) is 6.42 Å². The summed E-state index contributed by atoms with van der Waals surface area (Å²) in [5.41, 5.74) is 6.51. The summed E-state index contributed by atoms with van der Waals surface area (Å²) in [7, 11) is 0. The summed E-state index contributed by atoms with van der Waals surface area (Å²) in [5.74, 6) is 1.47. The van der Waals surface area contributed by atoms with E-state index in [0.29, 0.717) is 11.4 Å². The van der Waals surface area contributed by atoms with Crippen molar-refractivity contribution in [1.29, 1.82) is 0 Å². The zero-order chi connectivity index (χ0) is 12.3. The van der Waals surface area contributed by atoms with Crippen molar-refractivity contribution in [2.45, 2.75) is 12.5 Å². The molecule has 0 saturated carbocycles. The molecule has 2 rings (SSSR count). The van der Waals surface area contributed by atoms with Crippen LogP contribution in [0.4, 0.5) is 0 Å². The zero-order valence-electron chi connectivity index (χ0n) is 9.27. The Balaban J connectivity index is 2.21. The minimum absolute atomic E-state index is 0.0534. The number of hydrogen-bond acceptors (Lipinski definition) is 3. The Bertz CT molecular complexity index is 496. The van der Waals surface area contributed by atoms with Gasteiger partial charge in [0.25, 0.3) is 0 Å². The van der Waals surface area contributed by atoms with Gasteiger partial charge in [0.05, 0.1) is 11.6 Å². The summed E-state index contributed by atoms with van der Waals surface area (Å²) in [4.78, 5) is 0. The maximum absolute atomic E-state index is 8.88. The van der Waals surface area contributed by atoms with E-state index in [1.165, 1.54) is 0 Å². The van der Waals surface area contributed by atoms with Gasteiger partial charge in [0, 0.05) is 18.0 Å². The molecule has 17 heavy (non-hydrogen) atoms. The molecule has 4 heteroatoms. The lowest BCUT2D eigenvalue weighted by atomic mass is 10.2. The Morgan fingerprint density at radius 1 is 1.24 bits per heavy atom. The second kappa shape index (κ2) is 5.36. The molecule has 0 radical (unpaired) electrons. The number of benzene rings is 1. The lowest BCUT2D eigenvalue weighted by Gasteiger charge is -2.04. The average molecular weight is 252 g/mol. The fourth-order valence-corrected chi connectivity index (χ4v) is 1.85. The highest BCUT2D eigenvalue weighted by molar-refractivity contribution is 6.33. The largest absolute Gasteiger partial charge is 0.461 e. The molecule has 0 aliphatic rings. The third-order valence-electron chi connectivity index (χ3n) is 2.50. The monoisotopic (exact) mass is 251 g/mol. The van der Waals surface area contributed by atoms with Crippen LogP contribution in [-0.4, -0.2) is 17.8 Å². The van der Waals surface area contributed by atoms with Crippen LogP contribution in [0.3, 0.4) is 0 Å². The van der Waals surface area contributed by atoms with Crippen molar-refractivity contribution in [3.8, 4) is 11.3 Å². The first-order chi connectivity index (χ1) is 8.20. The van der Waals surface area contributed by atoms with Crippen LogP contribution in [0.2, 0.25) is 5.02 Å². The standard InChI is InChI=1S/C13H14ClNO2/c14-12-4-2-1-3-11(12)13-6-5-10(17-13)7-9(15)8-16/h1-6,9,16H,7-8,15H2. The van der Waals surface area contributed by atoms with Gasteiger partial charge in [-0.3, -0.25) is 0 Å². The van der Waals surface area contributed by atoms with Gasteiger partial charge in [0.1, 0.15) is 11.5 Å². The van der Waals surface area contributed by atoms with Crippen molar-refractivity contribution >= 4 is 11.6 Å². The van der Waals surface area contributed by atoms with E-state index in [0.717, 1.165) is 17.1 Å². The summed E-state index contributed by atoms with van der Waals surface area (Å²) in [6, 6.07) is 10.9. The number of halogens is 1. The van der Waals surface area contributed by atoms with Gasteiger partial charge in [0.15, 0.2) is 0 Å². The highest BCUT2D eigenvalue weighted by atomic mass is 35.5. The van der Waals surface area contributed by atoms with Crippen LogP contribution in [0.25, 0.3) is 11.3 Å². The first-order valence-electron chi connectivity index (χ1n) is 5.40. The van der Waals surface area contributed by atoms with E-state index in [1.54, 1.807) is 0 Å². The molecule has 0 fully saturated rings. The molecule has 1 aromatic carbocycles. The second-order valence-electron chi connectivity index (χ2n) is 3.89. The normalized spacial score (nSPS) is 12.6. The SMILES string of the molecule is NC(CO)Cc1ccc(-c2ccccc2Cl)o1. The van der Waals surface area contributed by atoms with Crippen LogP contribution in [0, 0.1) is 0 Å². The first-order valence-corrected chi connectivity index (χ1v) is 5.78. The summed E-state index contributed by atoms with van der Waals surface area (Å²) in [5, 5.41) is 9.53. The number of aliphatic hydroxyl groups is 1. The van der Waals surface area contributed by atoms with Crippen molar-refractivity contribution in [2.24, 2.45) is 5.73 Å². The summed E-state index contributed by atoms with van der Waals surface area (Å²) in [6.45, 7) is -0.0534. The molecule has 1 heterocycles. The highest BCUT2D eigenvalue weighted by Gasteiger charge is 2.10. The van der Waals surface area contributed by atoms with Gasteiger partial charge >= 0.3 is 0 Å². The summed E-state index contributed by atoms with van der Waals surface area (Å²) < 4.78 is 5.65. The lowest BCUT2D eigenvalue weighted by molar-refractivity contribution is 0.260. The molecular weight excluding hydrogens is 238 g/mol. The van der Waals surface area contributed by atoms with E-state index in [1.807, 2.05) is 36.4 Å². The second-order valence-corrected chi connectivity index (χ2v) is 4.30. The number of furan rings is 1. The number of rotatable bonds is 4. The van der Waals surface area contributed by atoms with Crippen molar-refractivity contribution in [3.63, 3.8) is 0 Å². The van der Waals surface area contributed by atoms with Crippen LogP contribution in [0.5, 0.6) is 0 Å². The maximum Gasteiger partial charge on any atom is 0.135 e.